The largest absolute Gasteiger partial charge is 0.508 e. The normalized spacial score (nSPS) is 27.2. The number of carbonyl (C=O) groups is 1. The third-order valence-corrected chi connectivity index (χ3v) is 3.33. The highest BCUT2D eigenvalue weighted by Crippen LogP contribution is 2.38. The van der Waals surface area contributed by atoms with Gasteiger partial charge < -0.3 is 9.47 Å². The van der Waals surface area contributed by atoms with Crippen molar-refractivity contribution < 1.29 is 14.3 Å². The van der Waals surface area contributed by atoms with Crippen LogP contribution in [0.25, 0.3) is 0 Å². The fourth-order valence-corrected chi connectivity index (χ4v) is 2.23. The van der Waals surface area contributed by atoms with E-state index in [0.717, 1.165) is 31.6 Å². The van der Waals surface area contributed by atoms with E-state index in [1.165, 1.54) is 7.11 Å². The van der Waals surface area contributed by atoms with Crippen molar-refractivity contribution in [3.63, 3.8) is 0 Å². The molecular formula is C12H22O3. The molecule has 15 heavy (non-hydrogen) atoms. The lowest BCUT2D eigenvalue weighted by Crippen LogP contribution is -2.30. The van der Waals surface area contributed by atoms with Gasteiger partial charge in [-0.15, -0.1) is 0 Å². The zero-order valence-corrected chi connectivity index (χ0v) is 10.2. The Morgan fingerprint density at radius 3 is 2.07 bits per heavy atom. The van der Waals surface area contributed by atoms with Gasteiger partial charge in [-0.2, -0.15) is 0 Å². The zero-order chi connectivity index (χ0) is 11.5. The molecular weight excluding hydrogens is 192 g/mol. The minimum atomic E-state index is -0.547. The van der Waals surface area contributed by atoms with Crippen LogP contribution in [-0.4, -0.2) is 19.4 Å². The van der Waals surface area contributed by atoms with Gasteiger partial charge in [-0.05, 0) is 37.0 Å². The Kier molecular flexibility index (Phi) is 4.00. The van der Waals surface area contributed by atoms with Gasteiger partial charge in [0.15, 0.2) is 0 Å². The van der Waals surface area contributed by atoms with Crippen LogP contribution in [0, 0.1) is 11.3 Å². The maximum absolute atomic E-state index is 10.9. The van der Waals surface area contributed by atoms with Crippen LogP contribution in [0.4, 0.5) is 4.79 Å². The summed E-state index contributed by atoms with van der Waals surface area (Å²) in [6.45, 7) is 6.83. The van der Waals surface area contributed by atoms with Crippen molar-refractivity contribution in [2.45, 2.75) is 52.6 Å². The predicted molar refractivity (Wildman–Crippen MR) is 58.7 cm³/mol. The van der Waals surface area contributed by atoms with E-state index in [0.29, 0.717) is 5.41 Å². The quantitative estimate of drug-likeness (QED) is 0.628. The Hall–Kier alpha value is -0.730. The number of ether oxygens (including phenoxy) is 2. The summed E-state index contributed by atoms with van der Waals surface area (Å²) in [6, 6.07) is 0. The fourth-order valence-electron chi connectivity index (χ4n) is 2.23. The molecule has 0 unspecified atom stereocenters. The van der Waals surface area contributed by atoms with E-state index in [1.807, 2.05) is 0 Å². The van der Waals surface area contributed by atoms with Crippen molar-refractivity contribution in [3.05, 3.63) is 0 Å². The van der Waals surface area contributed by atoms with Gasteiger partial charge in [0.05, 0.1) is 7.11 Å². The van der Waals surface area contributed by atoms with Crippen molar-refractivity contribution in [2.75, 3.05) is 7.11 Å². The summed E-state index contributed by atoms with van der Waals surface area (Å²) in [7, 11) is 1.35. The van der Waals surface area contributed by atoms with Crippen molar-refractivity contribution in [1.82, 2.24) is 0 Å². The van der Waals surface area contributed by atoms with E-state index in [4.69, 9.17) is 4.74 Å². The van der Waals surface area contributed by atoms with Gasteiger partial charge >= 0.3 is 6.16 Å². The van der Waals surface area contributed by atoms with Gasteiger partial charge in [-0.1, -0.05) is 20.8 Å². The molecule has 0 aromatic carbocycles. The van der Waals surface area contributed by atoms with Crippen molar-refractivity contribution in [2.24, 2.45) is 11.3 Å². The smallest absolute Gasteiger partial charge is 0.438 e. The molecule has 0 amide bonds. The van der Waals surface area contributed by atoms with E-state index >= 15 is 0 Å². The third-order valence-electron chi connectivity index (χ3n) is 3.33. The third kappa shape index (κ3) is 3.73. The number of hydrogen-bond acceptors (Lipinski definition) is 3. The number of carbonyl (C=O) groups excluding carboxylic acids is 1. The molecule has 1 aliphatic carbocycles. The molecule has 1 rings (SSSR count). The number of hydrogen-bond donors (Lipinski definition) is 0. The van der Waals surface area contributed by atoms with Crippen LogP contribution >= 0.6 is 0 Å². The average Bonchev–Trinajstić information content (AvgIpc) is 2.17. The first-order valence-corrected chi connectivity index (χ1v) is 5.68. The van der Waals surface area contributed by atoms with Gasteiger partial charge in [0.2, 0.25) is 0 Å². The second-order valence-corrected chi connectivity index (χ2v) is 5.41. The summed E-state index contributed by atoms with van der Waals surface area (Å²) in [4.78, 5) is 10.9. The molecule has 1 saturated carbocycles. The van der Waals surface area contributed by atoms with Crippen LogP contribution < -0.4 is 0 Å². The van der Waals surface area contributed by atoms with Crippen LogP contribution in [0.2, 0.25) is 0 Å². The van der Waals surface area contributed by atoms with Crippen molar-refractivity contribution in [1.29, 1.82) is 0 Å². The Morgan fingerprint density at radius 1 is 1.13 bits per heavy atom. The van der Waals surface area contributed by atoms with Gasteiger partial charge in [0.1, 0.15) is 6.10 Å². The van der Waals surface area contributed by atoms with Crippen LogP contribution in [0.5, 0.6) is 0 Å². The Morgan fingerprint density at radius 2 is 1.67 bits per heavy atom. The summed E-state index contributed by atoms with van der Waals surface area (Å²) < 4.78 is 9.63. The predicted octanol–water partition coefficient (Wildman–Crippen LogP) is 3.37. The molecule has 0 atom stereocenters. The Balaban J connectivity index is 2.33. The standard InChI is InChI=1S/C12H22O3/c1-12(2,3)9-5-7-10(8-6-9)15-11(13)14-4/h9-10H,5-8H2,1-4H3. The lowest BCUT2D eigenvalue weighted by Gasteiger charge is -2.36. The highest BCUT2D eigenvalue weighted by molar-refractivity contribution is 5.59. The van der Waals surface area contributed by atoms with E-state index < -0.39 is 6.16 Å². The van der Waals surface area contributed by atoms with Crippen LogP contribution in [0.3, 0.4) is 0 Å². The number of rotatable bonds is 1. The summed E-state index contributed by atoms with van der Waals surface area (Å²) >= 11 is 0. The molecule has 0 spiro atoms. The second kappa shape index (κ2) is 4.86. The molecule has 1 fully saturated rings. The second-order valence-electron chi connectivity index (χ2n) is 5.41. The van der Waals surface area contributed by atoms with Gasteiger partial charge in [-0.25, -0.2) is 4.79 Å². The molecule has 0 aliphatic heterocycles. The minimum Gasteiger partial charge on any atom is -0.438 e. The van der Waals surface area contributed by atoms with E-state index in [9.17, 15) is 4.79 Å². The van der Waals surface area contributed by atoms with Crippen LogP contribution in [0.15, 0.2) is 0 Å². The lowest BCUT2D eigenvalue weighted by atomic mass is 9.72. The fraction of sp³-hybridized carbons (Fsp3) is 0.917. The molecule has 88 valence electrons. The van der Waals surface area contributed by atoms with E-state index in [1.54, 1.807) is 0 Å². The zero-order valence-electron chi connectivity index (χ0n) is 10.2. The molecule has 0 radical (unpaired) electrons. The molecule has 0 aromatic heterocycles. The first-order valence-electron chi connectivity index (χ1n) is 5.68. The SMILES string of the molecule is COC(=O)OC1CCC(C(C)(C)C)CC1. The Bertz CT molecular complexity index is 209. The van der Waals surface area contributed by atoms with Gasteiger partial charge in [0, 0.05) is 0 Å². The van der Waals surface area contributed by atoms with E-state index in [-0.39, 0.29) is 6.10 Å². The van der Waals surface area contributed by atoms with Gasteiger partial charge in [-0.3, -0.25) is 0 Å². The molecule has 0 N–H and O–H groups in total. The molecule has 0 heterocycles. The molecule has 3 heteroatoms. The highest BCUT2D eigenvalue weighted by atomic mass is 16.7. The van der Waals surface area contributed by atoms with Gasteiger partial charge in [0.25, 0.3) is 0 Å². The van der Waals surface area contributed by atoms with Crippen molar-refractivity contribution in [3.8, 4) is 0 Å². The lowest BCUT2D eigenvalue weighted by molar-refractivity contribution is 0.00701. The molecule has 1 aliphatic rings. The maximum atomic E-state index is 10.9. The van der Waals surface area contributed by atoms with E-state index in [2.05, 4.69) is 25.5 Å². The first kappa shape index (κ1) is 12.3. The average molecular weight is 214 g/mol. The monoisotopic (exact) mass is 214 g/mol. The topological polar surface area (TPSA) is 35.5 Å². The Labute approximate surface area is 92.1 Å². The summed E-state index contributed by atoms with van der Waals surface area (Å²) in [6.07, 6.45) is 3.75. The molecule has 0 bridgehead atoms. The summed E-state index contributed by atoms with van der Waals surface area (Å²) in [5.74, 6) is 0.745. The number of methoxy groups -OCH3 is 1. The van der Waals surface area contributed by atoms with Crippen LogP contribution in [-0.2, 0) is 9.47 Å². The maximum Gasteiger partial charge on any atom is 0.508 e. The molecule has 3 nitrogen and oxygen atoms in total. The highest BCUT2D eigenvalue weighted by Gasteiger charge is 2.31. The molecule has 0 aromatic rings. The molecule has 0 saturated heterocycles. The summed E-state index contributed by atoms with van der Waals surface area (Å²) in [5.41, 5.74) is 0.371. The first-order chi connectivity index (χ1) is 6.93. The van der Waals surface area contributed by atoms with Crippen molar-refractivity contribution >= 4 is 6.16 Å². The van der Waals surface area contributed by atoms with Crippen LogP contribution in [0.1, 0.15) is 46.5 Å². The minimum absolute atomic E-state index is 0.0658. The summed E-state index contributed by atoms with van der Waals surface area (Å²) in [5, 5.41) is 0.